The van der Waals surface area contributed by atoms with Crippen LogP contribution in [0.25, 0.3) is 0 Å². The van der Waals surface area contributed by atoms with Gasteiger partial charge in [-0.15, -0.1) is 0 Å². The Morgan fingerprint density at radius 2 is 1.52 bits per heavy atom. The lowest BCUT2D eigenvalue weighted by Crippen LogP contribution is -2.18. The molecule has 29 heavy (non-hydrogen) atoms. The second kappa shape index (κ2) is 8.59. The summed E-state index contributed by atoms with van der Waals surface area (Å²) in [6, 6.07) is 20.3. The first-order valence-electron chi connectivity index (χ1n) is 10.5. The van der Waals surface area contributed by atoms with Crippen LogP contribution in [-0.2, 0) is 14.1 Å². The van der Waals surface area contributed by atoms with E-state index in [9.17, 15) is 9.36 Å². The summed E-state index contributed by atoms with van der Waals surface area (Å²) >= 11 is 0. The molecule has 0 aromatic heterocycles. The van der Waals surface area contributed by atoms with Gasteiger partial charge in [0, 0.05) is 5.70 Å². The van der Waals surface area contributed by atoms with E-state index in [2.05, 4.69) is 29.4 Å². The molecule has 4 nitrogen and oxygen atoms in total. The zero-order valence-corrected chi connectivity index (χ0v) is 17.7. The van der Waals surface area contributed by atoms with Crippen molar-refractivity contribution < 1.29 is 14.1 Å². The van der Waals surface area contributed by atoms with Crippen LogP contribution in [0.2, 0.25) is 0 Å². The number of benzene rings is 2. The molecule has 2 atom stereocenters. The molecule has 0 radical (unpaired) electrons. The van der Waals surface area contributed by atoms with Crippen molar-refractivity contribution in [1.29, 1.82) is 0 Å². The molecule has 4 rings (SSSR count). The molecule has 0 saturated carbocycles. The van der Waals surface area contributed by atoms with E-state index < -0.39 is 7.29 Å². The summed E-state index contributed by atoms with van der Waals surface area (Å²) in [7, 11) is -2.89. The molecule has 2 aliphatic rings. The molecule has 1 fully saturated rings. The number of esters is 1. The van der Waals surface area contributed by atoms with Crippen molar-refractivity contribution in [3.63, 3.8) is 0 Å². The molecule has 152 valence electrons. The Morgan fingerprint density at radius 1 is 0.966 bits per heavy atom. The van der Waals surface area contributed by atoms with Crippen molar-refractivity contribution in [2.24, 2.45) is 0 Å². The van der Waals surface area contributed by atoms with Crippen LogP contribution >= 0.6 is 7.29 Å². The van der Waals surface area contributed by atoms with Gasteiger partial charge in [-0.3, -0.25) is 4.57 Å². The average molecular weight is 409 g/mol. The lowest BCUT2D eigenvalue weighted by Gasteiger charge is -2.29. The standard InChI is InChI=1S/C24H28NO3P/c1-2-28-24(26)20-14-9-15-21(20)25-29(27)22(18-10-5-3-6-11-18)16-17-23(29)19-12-7-4-8-13-19/h3-8,10-13,22-23H,2,9,14-17H2,1H3,(H,25,27)/t22-,23-/m0/s1. The van der Waals surface area contributed by atoms with Crippen molar-refractivity contribution in [2.45, 2.75) is 50.3 Å². The highest BCUT2D eigenvalue weighted by atomic mass is 31.2. The van der Waals surface area contributed by atoms with Crippen LogP contribution in [0.1, 0.15) is 61.5 Å². The molecule has 1 saturated heterocycles. The fourth-order valence-corrected chi connectivity index (χ4v) is 8.43. The molecular weight excluding hydrogens is 381 g/mol. The molecule has 1 aliphatic carbocycles. The fraction of sp³-hybridized carbons (Fsp3) is 0.375. The zero-order chi connectivity index (χ0) is 20.3. The molecule has 0 amide bonds. The predicted octanol–water partition coefficient (Wildman–Crippen LogP) is 6.13. The van der Waals surface area contributed by atoms with Gasteiger partial charge < -0.3 is 9.82 Å². The van der Waals surface area contributed by atoms with Crippen molar-refractivity contribution in [1.82, 2.24) is 5.09 Å². The third-order valence-electron chi connectivity index (χ3n) is 6.06. The Morgan fingerprint density at radius 3 is 2.03 bits per heavy atom. The van der Waals surface area contributed by atoms with E-state index in [1.807, 2.05) is 43.3 Å². The minimum Gasteiger partial charge on any atom is -0.463 e. The number of allylic oxidation sites excluding steroid dienone is 1. The first kappa shape index (κ1) is 20.0. The molecule has 2 aromatic carbocycles. The average Bonchev–Trinajstić information content (AvgIpc) is 3.34. The van der Waals surface area contributed by atoms with E-state index >= 15 is 0 Å². The SMILES string of the molecule is CCOC(=O)C1=C(NP2(=O)[C@H](c3ccccc3)CC[C@H]2c2ccccc2)CCC1. The third-order valence-corrected chi connectivity index (χ3v) is 9.64. The number of rotatable bonds is 6. The highest BCUT2D eigenvalue weighted by Gasteiger charge is 2.48. The van der Waals surface area contributed by atoms with Crippen molar-refractivity contribution in [2.75, 3.05) is 6.61 Å². The third kappa shape index (κ3) is 3.91. The number of hydrogen-bond donors (Lipinski definition) is 1. The smallest absolute Gasteiger partial charge is 0.335 e. The highest BCUT2D eigenvalue weighted by molar-refractivity contribution is 7.63. The maximum absolute atomic E-state index is 14.7. The first-order valence-corrected chi connectivity index (χ1v) is 12.3. The molecular formula is C24H28NO3P. The number of nitrogens with one attached hydrogen (secondary N) is 1. The summed E-state index contributed by atoms with van der Waals surface area (Å²) in [5, 5.41) is 3.48. The summed E-state index contributed by atoms with van der Waals surface area (Å²) in [6.07, 6.45) is 4.07. The van der Waals surface area contributed by atoms with Gasteiger partial charge in [0.25, 0.3) is 0 Å². The molecule has 0 spiro atoms. The Bertz CT molecular complexity index is 888. The van der Waals surface area contributed by atoms with E-state index in [-0.39, 0.29) is 17.3 Å². The van der Waals surface area contributed by atoms with Gasteiger partial charge in [-0.2, -0.15) is 0 Å². The monoisotopic (exact) mass is 409 g/mol. The van der Waals surface area contributed by atoms with Gasteiger partial charge >= 0.3 is 5.97 Å². The van der Waals surface area contributed by atoms with Crippen LogP contribution < -0.4 is 5.09 Å². The molecule has 2 aromatic rings. The van der Waals surface area contributed by atoms with Gasteiger partial charge in [-0.1, -0.05) is 60.7 Å². The van der Waals surface area contributed by atoms with Gasteiger partial charge in [-0.05, 0) is 50.2 Å². The molecule has 0 bridgehead atoms. The molecule has 1 aliphatic heterocycles. The Labute approximate surface area is 172 Å². The summed E-state index contributed by atoms with van der Waals surface area (Å²) in [4.78, 5) is 12.4. The van der Waals surface area contributed by atoms with Crippen LogP contribution in [0.4, 0.5) is 0 Å². The van der Waals surface area contributed by atoms with Gasteiger partial charge in [-0.25, -0.2) is 4.79 Å². The largest absolute Gasteiger partial charge is 0.463 e. The maximum Gasteiger partial charge on any atom is 0.335 e. The predicted molar refractivity (Wildman–Crippen MR) is 116 cm³/mol. The van der Waals surface area contributed by atoms with E-state index in [1.165, 1.54) is 0 Å². The van der Waals surface area contributed by atoms with Crippen LogP contribution in [0.15, 0.2) is 71.9 Å². The molecule has 5 heteroatoms. The first-order chi connectivity index (χ1) is 14.1. The second-order valence-electron chi connectivity index (χ2n) is 7.78. The van der Waals surface area contributed by atoms with Crippen molar-refractivity contribution in [3.8, 4) is 0 Å². The fourth-order valence-electron chi connectivity index (χ4n) is 4.72. The summed E-state index contributed by atoms with van der Waals surface area (Å²) < 4.78 is 19.9. The van der Waals surface area contributed by atoms with Gasteiger partial charge in [0.2, 0.25) is 0 Å². The number of ether oxygens (including phenoxy) is 1. The number of carbonyl (C=O) groups is 1. The minimum atomic E-state index is -2.89. The van der Waals surface area contributed by atoms with Crippen LogP contribution in [0, 0.1) is 0 Å². The van der Waals surface area contributed by atoms with E-state index in [0.717, 1.165) is 42.5 Å². The Balaban J connectivity index is 1.74. The highest BCUT2D eigenvalue weighted by Crippen LogP contribution is 2.74. The van der Waals surface area contributed by atoms with Gasteiger partial charge in [0.1, 0.15) is 0 Å². The maximum atomic E-state index is 14.7. The normalized spacial score (nSPS) is 23.2. The molecule has 1 N–H and O–H groups in total. The lowest BCUT2D eigenvalue weighted by molar-refractivity contribution is -0.138. The second-order valence-corrected chi connectivity index (χ2v) is 10.7. The van der Waals surface area contributed by atoms with Gasteiger partial charge in [0.15, 0.2) is 7.29 Å². The number of carbonyl (C=O) groups excluding carboxylic acids is 1. The van der Waals surface area contributed by atoms with Crippen molar-refractivity contribution in [3.05, 3.63) is 83.1 Å². The topological polar surface area (TPSA) is 55.4 Å². The lowest BCUT2D eigenvalue weighted by atomic mass is 10.0. The van der Waals surface area contributed by atoms with Crippen LogP contribution in [0.5, 0.6) is 0 Å². The zero-order valence-electron chi connectivity index (χ0n) is 16.8. The molecule has 0 unspecified atom stereocenters. The Kier molecular flexibility index (Phi) is 5.91. The molecule has 1 heterocycles. The summed E-state index contributed by atoms with van der Waals surface area (Å²) in [5.41, 5.74) is 3.62. The van der Waals surface area contributed by atoms with Crippen LogP contribution in [-0.4, -0.2) is 12.6 Å². The quantitative estimate of drug-likeness (QED) is 0.460. The summed E-state index contributed by atoms with van der Waals surface area (Å²) in [6.45, 7) is 2.17. The van der Waals surface area contributed by atoms with E-state index in [0.29, 0.717) is 18.6 Å². The summed E-state index contributed by atoms with van der Waals surface area (Å²) in [5.74, 6) is -0.272. The van der Waals surface area contributed by atoms with E-state index in [4.69, 9.17) is 4.74 Å². The van der Waals surface area contributed by atoms with Crippen molar-refractivity contribution >= 4 is 13.3 Å². The van der Waals surface area contributed by atoms with Gasteiger partial charge in [0.05, 0.1) is 23.5 Å². The number of hydrogen-bond acceptors (Lipinski definition) is 3. The Hall–Kier alpha value is -2.32. The van der Waals surface area contributed by atoms with Crippen LogP contribution in [0.3, 0.4) is 0 Å². The minimum absolute atomic E-state index is 0.0505. The van der Waals surface area contributed by atoms with E-state index in [1.54, 1.807) is 0 Å².